The van der Waals surface area contributed by atoms with Gasteiger partial charge < -0.3 is 9.77 Å². The molecule has 0 fully saturated rings. The highest BCUT2D eigenvalue weighted by Gasteiger charge is 2.12. The number of fused-ring (bicyclic) bond motifs is 1. The van der Waals surface area contributed by atoms with E-state index >= 15 is 0 Å². The molecule has 0 saturated heterocycles. The van der Waals surface area contributed by atoms with Crippen LogP contribution in [0.15, 0.2) is 29.4 Å². The zero-order valence-corrected chi connectivity index (χ0v) is 8.05. The van der Waals surface area contributed by atoms with Gasteiger partial charge in [-0.2, -0.15) is 5.26 Å². The second kappa shape index (κ2) is 3.42. The first kappa shape index (κ1) is 9.21. The molecule has 0 aliphatic carbocycles. The number of aryl methyl sites for hydroxylation is 1. The van der Waals surface area contributed by atoms with Crippen molar-refractivity contribution in [2.45, 2.75) is 0 Å². The molecular weight excluding hydrogens is 192 g/mol. The fourth-order valence-corrected chi connectivity index (χ4v) is 1.47. The van der Waals surface area contributed by atoms with E-state index in [1.807, 2.05) is 24.3 Å². The minimum atomic E-state index is -0.0892. The van der Waals surface area contributed by atoms with E-state index in [0.717, 1.165) is 11.0 Å². The highest BCUT2D eigenvalue weighted by Crippen LogP contribution is 2.14. The summed E-state index contributed by atoms with van der Waals surface area (Å²) in [7, 11) is 1.77. The number of imidazole rings is 1. The minimum absolute atomic E-state index is 0.0892. The van der Waals surface area contributed by atoms with E-state index < -0.39 is 0 Å². The lowest BCUT2D eigenvalue weighted by molar-refractivity contribution is 0.319. The fraction of sp³-hybridized carbons (Fsp3) is 0.100. The van der Waals surface area contributed by atoms with Gasteiger partial charge in [0.25, 0.3) is 0 Å². The Labute approximate surface area is 85.9 Å². The number of oxime groups is 1. The maximum atomic E-state index is 8.73. The third-order valence-corrected chi connectivity index (χ3v) is 2.20. The normalized spacial score (nSPS) is 11.6. The maximum absolute atomic E-state index is 8.73. The van der Waals surface area contributed by atoms with Crippen LogP contribution in [0.1, 0.15) is 5.82 Å². The van der Waals surface area contributed by atoms with Crippen molar-refractivity contribution in [3.05, 3.63) is 30.1 Å². The molecule has 0 unspecified atom stereocenters. The molecule has 5 heteroatoms. The first-order valence-corrected chi connectivity index (χ1v) is 4.32. The molecule has 2 aromatic rings. The summed E-state index contributed by atoms with van der Waals surface area (Å²) in [6.07, 6.45) is 0. The molecule has 1 heterocycles. The molecule has 1 aromatic heterocycles. The largest absolute Gasteiger partial charge is 0.410 e. The molecule has 2 rings (SSSR count). The van der Waals surface area contributed by atoms with Crippen LogP contribution in [-0.2, 0) is 7.05 Å². The number of rotatable bonds is 1. The Kier molecular flexibility index (Phi) is 2.10. The first-order chi connectivity index (χ1) is 7.27. The summed E-state index contributed by atoms with van der Waals surface area (Å²) in [4.78, 5) is 4.20. The summed E-state index contributed by atoms with van der Waals surface area (Å²) in [5.74, 6) is 0.362. The number of hydrogen-bond donors (Lipinski definition) is 1. The Balaban J connectivity index is 2.75. The summed E-state index contributed by atoms with van der Waals surface area (Å²) in [5.41, 5.74) is 1.57. The lowest BCUT2D eigenvalue weighted by Crippen LogP contribution is -2.06. The Bertz CT molecular complexity index is 577. The van der Waals surface area contributed by atoms with Crippen molar-refractivity contribution < 1.29 is 5.21 Å². The molecule has 0 spiro atoms. The summed E-state index contributed by atoms with van der Waals surface area (Å²) in [6.45, 7) is 0. The molecular formula is C10H8N4O. The maximum Gasteiger partial charge on any atom is 0.222 e. The lowest BCUT2D eigenvalue weighted by Gasteiger charge is -1.97. The minimum Gasteiger partial charge on any atom is -0.410 e. The van der Waals surface area contributed by atoms with E-state index in [2.05, 4.69) is 10.1 Å². The van der Waals surface area contributed by atoms with Crippen LogP contribution < -0.4 is 0 Å². The first-order valence-electron chi connectivity index (χ1n) is 4.32. The molecule has 1 aromatic carbocycles. The van der Waals surface area contributed by atoms with E-state index in [1.165, 1.54) is 0 Å². The Hall–Kier alpha value is -2.35. The van der Waals surface area contributed by atoms with Gasteiger partial charge in [0.05, 0.1) is 11.0 Å². The van der Waals surface area contributed by atoms with E-state index in [-0.39, 0.29) is 5.71 Å². The van der Waals surface area contributed by atoms with Gasteiger partial charge in [0, 0.05) is 7.05 Å². The number of para-hydroxylation sites is 2. The zero-order valence-electron chi connectivity index (χ0n) is 8.05. The molecule has 0 aliphatic heterocycles. The predicted molar refractivity (Wildman–Crippen MR) is 54.7 cm³/mol. The molecule has 15 heavy (non-hydrogen) atoms. The molecule has 0 bridgehead atoms. The molecule has 0 aliphatic rings. The van der Waals surface area contributed by atoms with Gasteiger partial charge in [-0.05, 0) is 12.1 Å². The second-order valence-electron chi connectivity index (χ2n) is 3.04. The van der Waals surface area contributed by atoms with Crippen molar-refractivity contribution in [3.8, 4) is 6.07 Å². The van der Waals surface area contributed by atoms with Crippen molar-refractivity contribution in [1.29, 1.82) is 5.26 Å². The van der Waals surface area contributed by atoms with Gasteiger partial charge >= 0.3 is 0 Å². The average molecular weight is 200 g/mol. The molecule has 0 radical (unpaired) electrons. The number of benzene rings is 1. The van der Waals surface area contributed by atoms with Gasteiger partial charge in [0.15, 0.2) is 5.82 Å². The highest BCUT2D eigenvalue weighted by atomic mass is 16.4. The van der Waals surface area contributed by atoms with E-state index in [1.54, 1.807) is 17.7 Å². The van der Waals surface area contributed by atoms with Crippen molar-refractivity contribution in [2.75, 3.05) is 0 Å². The van der Waals surface area contributed by atoms with Gasteiger partial charge in [-0.1, -0.05) is 17.3 Å². The van der Waals surface area contributed by atoms with Gasteiger partial charge in [-0.3, -0.25) is 0 Å². The quantitative estimate of drug-likeness (QED) is 0.428. The van der Waals surface area contributed by atoms with Crippen LogP contribution in [-0.4, -0.2) is 20.5 Å². The number of nitriles is 1. The number of hydrogen-bond acceptors (Lipinski definition) is 4. The number of aromatic nitrogens is 2. The Morgan fingerprint density at radius 3 is 2.87 bits per heavy atom. The summed E-state index contributed by atoms with van der Waals surface area (Å²) >= 11 is 0. The van der Waals surface area contributed by atoms with Gasteiger partial charge in [-0.15, -0.1) is 0 Å². The highest BCUT2D eigenvalue weighted by molar-refractivity contribution is 6.10. The third-order valence-electron chi connectivity index (χ3n) is 2.20. The smallest absolute Gasteiger partial charge is 0.222 e. The van der Waals surface area contributed by atoms with E-state index in [9.17, 15) is 0 Å². The topological polar surface area (TPSA) is 74.2 Å². The predicted octanol–water partition coefficient (Wildman–Crippen LogP) is 1.28. The van der Waals surface area contributed by atoms with Gasteiger partial charge in [0.2, 0.25) is 5.71 Å². The average Bonchev–Trinajstić information content (AvgIpc) is 2.60. The Morgan fingerprint density at radius 1 is 1.53 bits per heavy atom. The van der Waals surface area contributed by atoms with Crippen molar-refractivity contribution >= 4 is 16.7 Å². The van der Waals surface area contributed by atoms with Crippen LogP contribution >= 0.6 is 0 Å². The summed E-state index contributed by atoms with van der Waals surface area (Å²) in [5, 5.41) is 20.3. The molecule has 0 atom stereocenters. The van der Waals surface area contributed by atoms with Crippen molar-refractivity contribution in [1.82, 2.24) is 9.55 Å². The van der Waals surface area contributed by atoms with Gasteiger partial charge in [-0.25, -0.2) is 4.98 Å². The lowest BCUT2D eigenvalue weighted by atomic mass is 10.3. The Morgan fingerprint density at radius 2 is 2.27 bits per heavy atom. The van der Waals surface area contributed by atoms with Crippen LogP contribution in [0, 0.1) is 11.3 Å². The van der Waals surface area contributed by atoms with Crippen LogP contribution in [0.4, 0.5) is 0 Å². The van der Waals surface area contributed by atoms with Gasteiger partial charge in [0.1, 0.15) is 6.07 Å². The fourth-order valence-electron chi connectivity index (χ4n) is 1.47. The van der Waals surface area contributed by atoms with Crippen LogP contribution in [0.25, 0.3) is 11.0 Å². The van der Waals surface area contributed by atoms with Crippen LogP contribution in [0.5, 0.6) is 0 Å². The zero-order chi connectivity index (χ0) is 10.8. The van der Waals surface area contributed by atoms with Crippen molar-refractivity contribution in [2.24, 2.45) is 12.2 Å². The van der Waals surface area contributed by atoms with Crippen molar-refractivity contribution in [3.63, 3.8) is 0 Å². The SMILES string of the molecule is Cn1c(/C(C#N)=N\O)nc2ccccc21. The molecule has 5 nitrogen and oxygen atoms in total. The standard InChI is InChI=1S/C10H8N4O/c1-14-9-5-3-2-4-7(9)12-10(14)8(6-11)13-15/h2-5,15H,1H3/b13-8-. The summed E-state index contributed by atoms with van der Waals surface area (Å²) < 4.78 is 1.72. The third kappa shape index (κ3) is 1.32. The molecule has 1 N–H and O–H groups in total. The number of nitrogens with zero attached hydrogens (tertiary/aromatic N) is 4. The molecule has 74 valence electrons. The van der Waals surface area contributed by atoms with Crippen LogP contribution in [0.2, 0.25) is 0 Å². The molecule has 0 amide bonds. The molecule has 0 saturated carbocycles. The van der Waals surface area contributed by atoms with E-state index in [4.69, 9.17) is 10.5 Å². The summed E-state index contributed by atoms with van der Waals surface area (Å²) in [6, 6.07) is 9.26. The van der Waals surface area contributed by atoms with Crippen LogP contribution in [0.3, 0.4) is 0 Å². The van der Waals surface area contributed by atoms with E-state index in [0.29, 0.717) is 5.82 Å². The monoisotopic (exact) mass is 200 g/mol. The second-order valence-corrected chi connectivity index (χ2v) is 3.04.